The van der Waals surface area contributed by atoms with E-state index >= 15 is 0 Å². The molecule has 5 rings (SSSR count). The van der Waals surface area contributed by atoms with Crippen LogP contribution in [0.4, 0.5) is 10.7 Å². The summed E-state index contributed by atoms with van der Waals surface area (Å²) in [6.45, 7) is 0.148. The largest absolute Gasteiger partial charge is 0.486 e. The third-order valence-corrected chi connectivity index (χ3v) is 8.79. The Bertz CT molecular complexity index is 1550. The number of nitrogens with two attached hydrogens (primary N) is 1. The van der Waals surface area contributed by atoms with Crippen molar-refractivity contribution in [3.63, 3.8) is 0 Å². The van der Waals surface area contributed by atoms with E-state index in [0.29, 0.717) is 35.3 Å². The maximum absolute atomic E-state index is 12.8. The molecule has 39 heavy (non-hydrogen) atoms. The van der Waals surface area contributed by atoms with Gasteiger partial charge in [0, 0.05) is 16.6 Å². The molecule has 2 amide bonds. The van der Waals surface area contributed by atoms with Crippen LogP contribution in [-0.2, 0) is 32.4 Å². The lowest BCUT2D eigenvalue weighted by Crippen LogP contribution is -2.23. The Hall–Kier alpha value is -4.10. The zero-order chi connectivity index (χ0) is 27.6. The molecule has 0 saturated heterocycles. The molecule has 1 aromatic heterocycles. The predicted molar refractivity (Wildman–Crippen MR) is 143 cm³/mol. The quantitative estimate of drug-likeness (QED) is 0.347. The SMILES string of the molecule is NC(=O)c1c(NC(=O)COC(=O)c2ccc(NS(=O)(=O)c3ccc4c(c3)OCCO4)cc2)sc2c1CCCC2. The number of esters is 1. The molecule has 0 unspecified atom stereocenters. The van der Waals surface area contributed by atoms with Gasteiger partial charge in [0.1, 0.15) is 18.2 Å². The molecule has 11 nitrogen and oxygen atoms in total. The Morgan fingerprint density at radius 3 is 2.44 bits per heavy atom. The molecule has 4 N–H and O–H groups in total. The Morgan fingerprint density at radius 2 is 1.69 bits per heavy atom. The third-order valence-electron chi connectivity index (χ3n) is 6.20. The zero-order valence-corrected chi connectivity index (χ0v) is 22.3. The van der Waals surface area contributed by atoms with Crippen molar-refractivity contribution in [2.24, 2.45) is 5.73 Å². The van der Waals surface area contributed by atoms with Crippen molar-refractivity contribution < 1.29 is 37.0 Å². The molecule has 13 heteroatoms. The van der Waals surface area contributed by atoms with E-state index in [1.165, 1.54) is 53.8 Å². The summed E-state index contributed by atoms with van der Waals surface area (Å²) in [4.78, 5) is 37.9. The summed E-state index contributed by atoms with van der Waals surface area (Å²) in [5.41, 5.74) is 7.10. The topological polar surface area (TPSA) is 163 Å². The summed E-state index contributed by atoms with van der Waals surface area (Å²) in [7, 11) is -3.93. The maximum Gasteiger partial charge on any atom is 0.338 e. The van der Waals surface area contributed by atoms with Crippen molar-refractivity contribution >= 4 is 49.8 Å². The van der Waals surface area contributed by atoms with Gasteiger partial charge in [0.2, 0.25) is 0 Å². The van der Waals surface area contributed by atoms with Crippen LogP contribution in [0, 0.1) is 0 Å². The van der Waals surface area contributed by atoms with Gasteiger partial charge in [0.05, 0.1) is 16.0 Å². The minimum absolute atomic E-state index is 0.00710. The zero-order valence-electron chi connectivity index (χ0n) is 20.7. The molecule has 0 spiro atoms. The van der Waals surface area contributed by atoms with Gasteiger partial charge in [0.15, 0.2) is 18.1 Å². The minimum atomic E-state index is -3.93. The van der Waals surface area contributed by atoms with Gasteiger partial charge in [-0.05, 0) is 67.6 Å². The number of thiophene rings is 1. The van der Waals surface area contributed by atoms with E-state index in [0.717, 1.165) is 36.1 Å². The van der Waals surface area contributed by atoms with Crippen molar-refractivity contribution in [2.75, 3.05) is 29.9 Å². The van der Waals surface area contributed by atoms with Gasteiger partial charge in [-0.2, -0.15) is 0 Å². The average Bonchev–Trinajstić information content (AvgIpc) is 3.29. The Balaban J connectivity index is 1.18. The van der Waals surface area contributed by atoms with E-state index in [1.807, 2.05) is 0 Å². The number of ether oxygens (including phenoxy) is 3. The molecule has 0 atom stereocenters. The van der Waals surface area contributed by atoms with Crippen molar-refractivity contribution in [2.45, 2.75) is 30.6 Å². The van der Waals surface area contributed by atoms with Gasteiger partial charge in [-0.15, -0.1) is 11.3 Å². The molecule has 0 fully saturated rings. The van der Waals surface area contributed by atoms with Gasteiger partial charge < -0.3 is 25.3 Å². The van der Waals surface area contributed by atoms with Crippen LogP contribution < -0.4 is 25.2 Å². The number of nitrogens with one attached hydrogen (secondary N) is 2. The molecule has 0 bridgehead atoms. The van der Waals surface area contributed by atoms with Gasteiger partial charge >= 0.3 is 5.97 Å². The predicted octanol–water partition coefficient (Wildman–Crippen LogP) is 3.09. The number of aryl methyl sites for hydroxylation is 1. The number of rotatable bonds is 8. The fraction of sp³-hybridized carbons (Fsp3) is 0.269. The number of hydrogen-bond donors (Lipinski definition) is 3. The molecule has 0 saturated carbocycles. The molecule has 2 heterocycles. The Kier molecular flexibility index (Phi) is 7.44. The van der Waals surface area contributed by atoms with Crippen molar-refractivity contribution in [3.05, 3.63) is 64.0 Å². The fourth-order valence-corrected chi connectivity index (χ4v) is 6.76. The van der Waals surface area contributed by atoms with Crippen LogP contribution in [0.15, 0.2) is 47.4 Å². The Morgan fingerprint density at radius 1 is 0.974 bits per heavy atom. The first-order valence-corrected chi connectivity index (χ1v) is 14.4. The van der Waals surface area contributed by atoms with Crippen LogP contribution in [0.3, 0.4) is 0 Å². The van der Waals surface area contributed by atoms with Crippen LogP contribution in [0.1, 0.15) is 44.0 Å². The second-order valence-electron chi connectivity index (χ2n) is 8.89. The molecule has 1 aliphatic heterocycles. The normalized spacial score (nSPS) is 14.2. The van der Waals surface area contributed by atoms with Crippen LogP contribution in [0.2, 0.25) is 0 Å². The summed E-state index contributed by atoms with van der Waals surface area (Å²) < 4.78 is 44.0. The molecule has 1 aliphatic carbocycles. The van der Waals surface area contributed by atoms with E-state index in [2.05, 4.69) is 10.0 Å². The van der Waals surface area contributed by atoms with E-state index < -0.39 is 34.4 Å². The van der Waals surface area contributed by atoms with Crippen molar-refractivity contribution in [1.82, 2.24) is 0 Å². The Labute approximate surface area is 228 Å². The number of hydrogen-bond acceptors (Lipinski definition) is 9. The second-order valence-corrected chi connectivity index (χ2v) is 11.7. The first kappa shape index (κ1) is 26.5. The number of anilines is 2. The van der Waals surface area contributed by atoms with Crippen LogP contribution in [0.5, 0.6) is 11.5 Å². The lowest BCUT2D eigenvalue weighted by Gasteiger charge is -2.19. The highest BCUT2D eigenvalue weighted by molar-refractivity contribution is 7.92. The third kappa shape index (κ3) is 5.83. The first-order chi connectivity index (χ1) is 18.7. The van der Waals surface area contributed by atoms with E-state index in [9.17, 15) is 22.8 Å². The van der Waals surface area contributed by atoms with Gasteiger partial charge in [0.25, 0.3) is 21.8 Å². The molecule has 204 valence electrons. The molecule has 2 aromatic carbocycles. The summed E-state index contributed by atoms with van der Waals surface area (Å²) in [5, 5.41) is 3.00. The van der Waals surface area contributed by atoms with E-state index in [4.69, 9.17) is 19.9 Å². The summed E-state index contributed by atoms with van der Waals surface area (Å²) in [6, 6.07) is 9.87. The number of fused-ring (bicyclic) bond motifs is 2. The number of sulfonamides is 1. The maximum atomic E-state index is 12.8. The lowest BCUT2D eigenvalue weighted by molar-refractivity contribution is -0.119. The van der Waals surface area contributed by atoms with E-state index in [1.54, 1.807) is 0 Å². The molecule has 3 aromatic rings. The molecular formula is C26H25N3O8S2. The van der Waals surface area contributed by atoms with Gasteiger partial charge in [-0.3, -0.25) is 14.3 Å². The van der Waals surface area contributed by atoms with Gasteiger partial charge in [-0.1, -0.05) is 0 Å². The second kappa shape index (κ2) is 10.9. The standard InChI is InChI=1S/C26H25N3O8S2/c27-24(31)23-18-3-1-2-4-21(18)38-25(23)28-22(30)14-37-26(32)15-5-7-16(8-6-15)29-39(33,34)17-9-10-19-20(13-17)36-12-11-35-19/h5-10,13,29H,1-4,11-12,14H2,(H2,27,31)(H,28,30). The van der Waals surface area contributed by atoms with Gasteiger partial charge in [-0.25, -0.2) is 13.2 Å². The van der Waals surface area contributed by atoms with E-state index in [-0.39, 0.29) is 16.1 Å². The molecule has 0 radical (unpaired) electrons. The molecule has 2 aliphatic rings. The highest BCUT2D eigenvalue weighted by atomic mass is 32.2. The first-order valence-electron chi connectivity index (χ1n) is 12.1. The highest BCUT2D eigenvalue weighted by Crippen LogP contribution is 2.38. The summed E-state index contributed by atoms with van der Waals surface area (Å²) in [6.07, 6.45) is 3.52. The smallest absolute Gasteiger partial charge is 0.338 e. The number of carbonyl (C=O) groups is 3. The lowest BCUT2D eigenvalue weighted by atomic mass is 9.95. The molecular weight excluding hydrogens is 546 g/mol. The number of amides is 2. The minimum Gasteiger partial charge on any atom is -0.486 e. The van der Waals surface area contributed by atoms with Crippen molar-refractivity contribution in [1.29, 1.82) is 0 Å². The number of benzene rings is 2. The number of primary amides is 1. The average molecular weight is 572 g/mol. The van der Waals surface area contributed by atoms with Crippen LogP contribution >= 0.6 is 11.3 Å². The highest BCUT2D eigenvalue weighted by Gasteiger charge is 2.25. The van der Waals surface area contributed by atoms with Crippen molar-refractivity contribution in [3.8, 4) is 11.5 Å². The van der Waals surface area contributed by atoms with Crippen LogP contribution in [0.25, 0.3) is 0 Å². The van der Waals surface area contributed by atoms with Crippen LogP contribution in [-0.4, -0.2) is 46.0 Å². The number of carbonyl (C=O) groups excluding carboxylic acids is 3. The monoisotopic (exact) mass is 571 g/mol. The summed E-state index contributed by atoms with van der Waals surface area (Å²) >= 11 is 1.32. The summed E-state index contributed by atoms with van der Waals surface area (Å²) in [5.74, 6) is -1.16. The fourth-order valence-electron chi connectivity index (χ4n) is 4.37.